The van der Waals surface area contributed by atoms with Crippen LogP contribution in [-0.4, -0.2) is 39.5 Å². The maximum absolute atomic E-state index is 12.6. The van der Waals surface area contributed by atoms with Gasteiger partial charge in [0.1, 0.15) is 11.5 Å². The number of hydrogen-bond donors (Lipinski definition) is 2. The Balaban J connectivity index is 2.21. The normalized spacial score (nSPS) is 16.1. The van der Waals surface area contributed by atoms with Crippen molar-refractivity contribution in [1.82, 2.24) is 4.90 Å². The lowest BCUT2D eigenvalue weighted by Crippen LogP contribution is -2.42. The molecule has 2 rings (SSSR count). The van der Waals surface area contributed by atoms with Crippen LogP contribution < -0.4 is 0 Å². The Kier molecular flexibility index (Phi) is 5.12. The lowest BCUT2D eigenvalue weighted by Gasteiger charge is -2.34. The van der Waals surface area contributed by atoms with E-state index in [4.69, 9.17) is 11.6 Å². The van der Waals surface area contributed by atoms with Gasteiger partial charge in [-0.3, -0.25) is 4.79 Å². The van der Waals surface area contributed by atoms with E-state index in [1.165, 1.54) is 24.6 Å². The molecule has 110 valence electrons. The van der Waals surface area contributed by atoms with Crippen LogP contribution in [-0.2, 0) is 0 Å². The lowest BCUT2D eigenvalue weighted by molar-refractivity contribution is 0.0646. The van der Waals surface area contributed by atoms with Gasteiger partial charge in [0.25, 0.3) is 5.91 Å². The SMILES string of the molecule is O=C(c1ccc(O)cc1O)N(CCCl)C1CCCCC1. The summed E-state index contributed by atoms with van der Waals surface area (Å²) in [6, 6.07) is 4.25. The van der Waals surface area contributed by atoms with Gasteiger partial charge in [-0.2, -0.15) is 0 Å². The predicted molar refractivity (Wildman–Crippen MR) is 78.4 cm³/mol. The minimum absolute atomic E-state index is 0.0550. The van der Waals surface area contributed by atoms with E-state index in [0.29, 0.717) is 12.4 Å². The molecular formula is C15H20ClNO3. The number of halogens is 1. The van der Waals surface area contributed by atoms with Crippen LogP contribution in [0.5, 0.6) is 11.5 Å². The number of nitrogens with zero attached hydrogens (tertiary/aromatic N) is 1. The zero-order valence-corrected chi connectivity index (χ0v) is 12.1. The average molecular weight is 298 g/mol. The molecule has 1 saturated carbocycles. The first-order valence-electron chi connectivity index (χ1n) is 7.02. The third-order valence-corrected chi connectivity index (χ3v) is 3.98. The number of carbonyl (C=O) groups excluding carboxylic acids is 1. The van der Waals surface area contributed by atoms with E-state index in [9.17, 15) is 15.0 Å². The molecule has 5 heteroatoms. The molecule has 0 aliphatic heterocycles. The molecule has 1 aliphatic rings. The van der Waals surface area contributed by atoms with Gasteiger partial charge < -0.3 is 15.1 Å². The van der Waals surface area contributed by atoms with Crippen LogP contribution in [0, 0.1) is 0 Å². The fourth-order valence-corrected chi connectivity index (χ4v) is 2.97. The molecule has 1 aliphatic carbocycles. The second-order valence-corrected chi connectivity index (χ2v) is 5.56. The molecule has 0 unspecified atom stereocenters. The average Bonchev–Trinajstić information content (AvgIpc) is 2.45. The quantitative estimate of drug-likeness (QED) is 0.840. The van der Waals surface area contributed by atoms with Gasteiger partial charge in [-0.25, -0.2) is 0 Å². The maximum Gasteiger partial charge on any atom is 0.257 e. The van der Waals surface area contributed by atoms with Crippen molar-refractivity contribution in [2.24, 2.45) is 0 Å². The molecule has 1 amide bonds. The van der Waals surface area contributed by atoms with Crippen molar-refractivity contribution in [2.75, 3.05) is 12.4 Å². The van der Waals surface area contributed by atoms with Crippen LogP contribution in [0.15, 0.2) is 18.2 Å². The lowest BCUT2D eigenvalue weighted by atomic mass is 9.93. The zero-order chi connectivity index (χ0) is 14.5. The van der Waals surface area contributed by atoms with E-state index in [2.05, 4.69) is 0 Å². The highest BCUT2D eigenvalue weighted by Gasteiger charge is 2.27. The van der Waals surface area contributed by atoms with Crippen molar-refractivity contribution in [3.05, 3.63) is 23.8 Å². The summed E-state index contributed by atoms with van der Waals surface area (Å²) in [4.78, 5) is 14.4. The molecule has 1 aromatic rings. The molecule has 2 N–H and O–H groups in total. The highest BCUT2D eigenvalue weighted by atomic mass is 35.5. The van der Waals surface area contributed by atoms with Gasteiger partial charge in [0, 0.05) is 24.5 Å². The summed E-state index contributed by atoms with van der Waals surface area (Å²) in [5, 5.41) is 19.1. The fraction of sp³-hybridized carbons (Fsp3) is 0.533. The second-order valence-electron chi connectivity index (χ2n) is 5.18. The first kappa shape index (κ1) is 15.0. The Hall–Kier alpha value is -1.42. The van der Waals surface area contributed by atoms with Crippen LogP contribution in [0.4, 0.5) is 0 Å². The van der Waals surface area contributed by atoms with E-state index >= 15 is 0 Å². The summed E-state index contributed by atoms with van der Waals surface area (Å²) in [7, 11) is 0. The fourth-order valence-electron chi connectivity index (χ4n) is 2.79. The van der Waals surface area contributed by atoms with E-state index in [1.54, 1.807) is 4.90 Å². The van der Waals surface area contributed by atoms with Gasteiger partial charge in [-0.1, -0.05) is 19.3 Å². The van der Waals surface area contributed by atoms with Crippen LogP contribution in [0.2, 0.25) is 0 Å². The minimum Gasteiger partial charge on any atom is -0.508 e. The number of phenols is 2. The topological polar surface area (TPSA) is 60.8 Å². The molecule has 1 fully saturated rings. The Labute approximate surface area is 124 Å². The zero-order valence-electron chi connectivity index (χ0n) is 11.4. The van der Waals surface area contributed by atoms with Crippen molar-refractivity contribution in [1.29, 1.82) is 0 Å². The van der Waals surface area contributed by atoms with Crippen LogP contribution >= 0.6 is 11.6 Å². The highest BCUT2D eigenvalue weighted by molar-refractivity contribution is 6.18. The molecule has 0 heterocycles. The van der Waals surface area contributed by atoms with E-state index in [0.717, 1.165) is 25.7 Å². The summed E-state index contributed by atoms with van der Waals surface area (Å²) < 4.78 is 0. The number of hydrogen-bond acceptors (Lipinski definition) is 3. The van der Waals surface area contributed by atoms with Crippen molar-refractivity contribution in [3.63, 3.8) is 0 Å². The number of rotatable bonds is 4. The van der Waals surface area contributed by atoms with Gasteiger partial charge in [0.15, 0.2) is 0 Å². The third-order valence-electron chi connectivity index (χ3n) is 3.81. The molecule has 0 atom stereocenters. The molecule has 4 nitrogen and oxygen atoms in total. The van der Waals surface area contributed by atoms with Crippen LogP contribution in [0.3, 0.4) is 0 Å². The molecule has 0 spiro atoms. The molecule has 0 aromatic heterocycles. The van der Waals surface area contributed by atoms with Gasteiger partial charge in [0.2, 0.25) is 0 Å². The van der Waals surface area contributed by atoms with Crippen LogP contribution in [0.1, 0.15) is 42.5 Å². The van der Waals surface area contributed by atoms with Gasteiger partial charge in [-0.05, 0) is 25.0 Å². The third kappa shape index (κ3) is 3.37. The molecule has 0 saturated heterocycles. The monoisotopic (exact) mass is 297 g/mol. The van der Waals surface area contributed by atoms with Crippen molar-refractivity contribution >= 4 is 17.5 Å². The summed E-state index contributed by atoms with van der Waals surface area (Å²) in [5.74, 6) is -0.0813. The van der Waals surface area contributed by atoms with Crippen molar-refractivity contribution in [3.8, 4) is 11.5 Å². The second kappa shape index (κ2) is 6.84. The molecule has 0 bridgehead atoms. The standard InChI is InChI=1S/C15H20ClNO3/c16-8-9-17(11-4-2-1-3-5-11)15(20)13-7-6-12(18)10-14(13)19/h6-7,10-11,18-19H,1-5,8-9H2. The highest BCUT2D eigenvalue weighted by Crippen LogP contribution is 2.28. The first-order chi connectivity index (χ1) is 9.63. The summed E-state index contributed by atoms with van der Waals surface area (Å²) in [6.07, 6.45) is 5.43. The van der Waals surface area contributed by atoms with E-state index in [1.807, 2.05) is 0 Å². The smallest absolute Gasteiger partial charge is 0.257 e. The van der Waals surface area contributed by atoms with Crippen LogP contribution in [0.25, 0.3) is 0 Å². The summed E-state index contributed by atoms with van der Waals surface area (Å²) in [5.41, 5.74) is 0.221. The van der Waals surface area contributed by atoms with Crippen molar-refractivity contribution in [2.45, 2.75) is 38.1 Å². The Morgan fingerprint density at radius 2 is 1.95 bits per heavy atom. The Morgan fingerprint density at radius 3 is 2.55 bits per heavy atom. The Morgan fingerprint density at radius 1 is 1.25 bits per heavy atom. The maximum atomic E-state index is 12.6. The van der Waals surface area contributed by atoms with Gasteiger partial charge in [-0.15, -0.1) is 11.6 Å². The molecular weight excluding hydrogens is 278 g/mol. The number of aromatic hydroxyl groups is 2. The number of benzene rings is 1. The summed E-state index contributed by atoms with van der Waals surface area (Å²) in [6.45, 7) is 0.478. The molecule has 20 heavy (non-hydrogen) atoms. The number of amides is 1. The van der Waals surface area contributed by atoms with E-state index < -0.39 is 0 Å². The minimum atomic E-state index is -0.213. The first-order valence-corrected chi connectivity index (χ1v) is 7.56. The number of carbonyl (C=O) groups is 1. The summed E-state index contributed by atoms with van der Waals surface area (Å²) >= 11 is 5.82. The molecule has 1 aromatic carbocycles. The van der Waals surface area contributed by atoms with E-state index in [-0.39, 0.29) is 29.0 Å². The number of alkyl halides is 1. The predicted octanol–water partition coefficient (Wildman–Crippen LogP) is 3.11. The van der Waals surface area contributed by atoms with Gasteiger partial charge in [0.05, 0.1) is 5.56 Å². The molecule has 0 radical (unpaired) electrons. The Bertz CT molecular complexity index is 472. The van der Waals surface area contributed by atoms with Crippen molar-refractivity contribution < 1.29 is 15.0 Å². The number of phenolic OH excluding ortho intramolecular Hbond substituents is 2. The largest absolute Gasteiger partial charge is 0.508 e. The van der Waals surface area contributed by atoms with Gasteiger partial charge >= 0.3 is 0 Å².